The van der Waals surface area contributed by atoms with E-state index in [0.29, 0.717) is 6.61 Å². The summed E-state index contributed by atoms with van der Waals surface area (Å²) >= 11 is 0. The van der Waals surface area contributed by atoms with Crippen molar-refractivity contribution < 1.29 is 38.6 Å². The van der Waals surface area contributed by atoms with Crippen LogP contribution < -0.4 is 4.74 Å². The molecule has 0 bridgehead atoms. The normalized spacial score (nSPS) is 11.7. The van der Waals surface area contributed by atoms with Crippen LogP contribution in [0.4, 0.5) is 0 Å². The molecule has 1 aromatic rings. The first-order valence-corrected chi connectivity index (χ1v) is 3.35. The van der Waals surface area contributed by atoms with Gasteiger partial charge in [0.1, 0.15) is 12.4 Å². The minimum Gasteiger partial charge on any atom is -0.489 e. The molecule has 1 nitrogen and oxygen atoms in total. The van der Waals surface area contributed by atoms with Gasteiger partial charge in [0, 0.05) is 39.4 Å². The second-order valence-corrected chi connectivity index (χ2v) is 2.25. The minimum absolute atomic E-state index is 0. The third-order valence-electron chi connectivity index (χ3n) is 1.55. The summed E-state index contributed by atoms with van der Waals surface area (Å²) in [6.45, 7) is 0.705. The molecule has 0 N–H and O–H groups in total. The molecule has 0 atom stereocenters. The minimum atomic E-state index is 0. The Labute approximate surface area is 92.9 Å². The Kier molecular flexibility index (Phi) is 5.34. The average Bonchev–Trinajstić information content (AvgIpc) is 2.05. The van der Waals surface area contributed by atoms with Crippen LogP contribution in [-0.2, 0) is 33.8 Å². The van der Waals surface area contributed by atoms with Crippen molar-refractivity contribution in [3.63, 3.8) is 0 Å². The molecule has 67 valence electrons. The summed E-state index contributed by atoms with van der Waals surface area (Å²) in [5.41, 5.74) is 1.17. The van der Waals surface area contributed by atoms with E-state index in [1.165, 1.54) is 5.56 Å². The molecule has 1 aliphatic heterocycles. The molecular weight excluding hydrogens is 239 g/mol. The fraction of sp³-hybridized carbons (Fsp3) is 0.111. The summed E-state index contributed by atoms with van der Waals surface area (Å²) in [6.07, 6.45) is 4.10. The third-order valence-corrected chi connectivity index (χ3v) is 1.55. The number of para-hydroxylation sites is 1. The van der Waals surface area contributed by atoms with Crippen LogP contribution in [0.25, 0.3) is 6.08 Å². The van der Waals surface area contributed by atoms with Gasteiger partial charge in [-0.25, -0.2) is 0 Å². The molecule has 0 saturated carbocycles. The zero-order chi connectivity index (χ0) is 6.81. The van der Waals surface area contributed by atoms with Crippen LogP contribution in [0.1, 0.15) is 5.56 Å². The van der Waals surface area contributed by atoms with E-state index in [1.807, 2.05) is 30.3 Å². The van der Waals surface area contributed by atoms with Crippen molar-refractivity contribution in [1.29, 1.82) is 0 Å². The summed E-state index contributed by atoms with van der Waals surface area (Å²) in [5, 5.41) is 0. The summed E-state index contributed by atoms with van der Waals surface area (Å²) in [6, 6.07) is 8.03. The Morgan fingerprint density at radius 3 is 2.67 bits per heavy atom. The Hall–Kier alpha value is -0.214. The molecule has 12 heavy (non-hydrogen) atoms. The van der Waals surface area contributed by atoms with Crippen LogP contribution in [0.15, 0.2) is 30.3 Å². The third kappa shape index (κ3) is 2.39. The van der Waals surface area contributed by atoms with E-state index >= 15 is 0 Å². The molecule has 0 amide bonds. The van der Waals surface area contributed by atoms with Gasteiger partial charge in [-0.15, -0.1) is 0 Å². The molecule has 0 unspecified atom stereocenters. The molecule has 0 aliphatic carbocycles. The number of ether oxygens (including phenoxy) is 1. The van der Waals surface area contributed by atoms with Crippen molar-refractivity contribution in [3.05, 3.63) is 35.9 Å². The van der Waals surface area contributed by atoms with E-state index in [9.17, 15) is 0 Å². The zero-order valence-electron chi connectivity index (χ0n) is 6.27. The fourth-order valence-corrected chi connectivity index (χ4v) is 1.06. The van der Waals surface area contributed by atoms with Crippen LogP contribution >= 0.6 is 0 Å². The first kappa shape index (κ1) is 11.8. The molecule has 1 aliphatic rings. The zero-order valence-corrected chi connectivity index (χ0v) is 8.41. The second-order valence-electron chi connectivity index (χ2n) is 2.25. The SMILES string of the molecule is C1=Cc2ccccc2OC1.[Co].[Fe]. The molecule has 0 aromatic heterocycles. The van der Waals surface area contributed by atoms with Crippen LogP contribution in [0.3, 0.4) is 0 Å². The maximum Gasteiger partial charge on any atom is 0.126 e. The van der Waals surface area contributed by atoms with Gasteiger partial charge < -0.3 is 4.74 Å². The number of rotatable bonds is 0. The molecule has 1 radical (unpaired) electrons. The standard InChI is InChI=1S/C9H8O.Co.Fe/c1-2-6-9-8(4-1)5-3-7-10-9;;/h1-6H,7H2;;. The fourth-order valence-electron chi connectivity index (χ4n) is 1.06. The average molecular weight is 247 g/mol. The van der Waals surface area contributed by atoms with Crippen molar-refractivity contribution in [3.8, 4) is 5.75 Å². The van der Waals surface area contributed by atoms with Gasteiger partial charge in [0.2, 0.25) is 0 Å². The predicted octanol–water partition coefficient (Wildman–Crippen LogP) is 2.09. The van der Waals surface area contributed by atoms with Crippen molar-refractivity contribution in [2.45, 2.75) is 0 Å². The summed E-state index contributed by atoms with van der Waals surface area (Å²) in [7, 11) is 0. The monoisotopic (exact) mass is 247 g/mol. The quantitative estimate of drug-likeness (QED) is 0.638. The molecule has 1 heterocycles. The van der Waals surface area contributed by atoms with E-state index in [2.05, 4.69) is 6.08 Å². The number of benzene rings is 1. The van der Waals surface area contributed by atoms with E-state index in [0.717, 1.165) is 5.75 Å². The summed E-state index contributed by atoms with van der Waals surface area (Å²) in [4.78, 5) is 0. The maximum atomic E-state index is 5.34. The molecule has 1 aromatic carbocycles. The van der Waals surface area contributed by atoms with Crippen LogP contribution in [0, 0.1) is 0 Å². The van der Waals surface area contributed by atoms with Crippen LogP contribution in [0.2, 0.25) is 0 Å². The van der Waals surface area contributed by atoms with Crippen molar-refractivity contribution in [1.82, 2.24) is 0 Å². The second kappa shape index (κ2) is 5.43. The summed E-state index contributed by atoms with van der Waals surface area (Å²) < 4.78 is 5.34. The smallest absolute Gasteiger partial charge is 0.126 e. The van der Waals surface area contributed by atoms with E-state index in [4.69, 9.17) is 4.74 Å². The van der Waals surface area contributed by atoms with Gasteiger partial charge in [0.15, 0.2) is 0 Å². The van der Waals surface area contributed by atoms with Gasteiger partial charge in [-0.05, 0) is 12.1 Å². The molecule has 2 rings (SSSR count). The largest absolute Gasteiger partial charge is 0.489 e. The maximum absolute atomic E-state index is 5.34. The van der Waals surface area contributed by atoms with Crippen LogP contribution in [0.5, 0.6) is 5.75 Å². The topological polar surface area (TPSA) is 9.23 Å². The van der Waals surface area contributed by atoms with Gasteiger partial charge in [-0.2, -0.15) is 0 Å². The Bertz CT molecular complexity index is 273. The number of hydrogen-bond acceptors (Lipinski definition) is 1. The molecule has 0 saturated heterocycles. The number of fused-ring (bicyclic) bond motifs is 1. The first-order chi connectivity index (χ1) is 4.97. The molecule has 0 spiro atoms. The van der Waals surface area contributed by atoms with Gasteiger partial charge in [0.05, 0.1) is 0 Å². The Morgan fingerprint density at radius 2 is 1.92 bits per heavy atom. The van der Waals surface area contributed by atoms with Crippen LogP contribution in [-0.4, -0.2) is 6.61 Å². The van der Waals surface area contributed by atoms with Crippen molar-refractivity contribution in [2.75, 3.05) is 6.61 Å². The van der Waals surface area contributed by atoms with Gasteiger partial charge in [0.25, 0.3) is 0 Å². The van der Waals surface area contributed by atoms with Gasteiger partial charge in [-0.3, -0.25) is 0 Å². The Morgan fingerprint density at radius 1 is 1.17 bits per heavy atom. The van der Waals surface area contributed by atoms with E-state index in [1.54, 1.807) is 0 Å². The van der Waals surface area contributed by atoms with Gasteiger partial charge >= 0.3 is 0 Å². The summed E-state index contributed by atoms with van der Waals surface area (Å²) in [5.74, 6) is 0.991. The van der Waals surface area contributed by atoms with E-state index in [-0.39, 0.29) is 33.8 Å². The molecule has 0 fully saturated rings. The molecular formula is C9H8CoFeO. The van der Waals surface area contributed by atoms with Gasteiger partial charge in [-0.1, -0.05) is 24.3 Å². The first-order valence-electron chi connectivity index (χ1n) is 3.35. The number of hydrogen-bond donors (Lipinski definition) is 0. The van der Waals surface area contributed by atoms with Crippen molar-refractivity contribution >= 4 is 6.08 Å². The van der Waals surface area contributed by atoms with Crippen molar-refractivity contribution in [2.24, 2.45) is 0 Å². The molecule has 3 heteroatoms. The Balaban J connectivity index is 0.000000605. The predicted molar refractivity (Wildman–Crippen MR) is 41.0 cm³/mol. The van der Waals surface area contributed by atoms with E-state index < -0.39 is 0 Å².